The Hall–Kier alpha value is -2.91. The van der Waals surface area contributed by atoms with Crippen LogP contribution in [0.15, 0.2) is 36.8 Å². The summed E-state index contributed by atoms with van der Waals surface area (Å²) in [6.07, 6.45) is 8.31. The van der Waals surface area contributed by atoms with Crippen LogP contribution in [-0.2, 0) is 14.8 Å². The third-order valence-electron chi connectivity index (χ3n) is 5.77. The van der Waals surface area contributed by atoms with Crippen molar-refractivity contribution in [1.82, 2.24) is 19.7 Å². The molecule has 0 unspecified atom stereocenters. The molecule has 3 aromatic rings. The molecule has 2 N–H and O–H groups in total. The molecule has 1 aliphatic carbocycles. The first kappa shape index (κ1) is 23.3. The number of fused-ring (bicyclic) bond motifs is 1. The second-order valence-electron chi connectivity index (χ2n) is 8.57. The summed E-state index contributed by atoms with van der Waals surface area (Å²) in [5.74, 6) is 0.745. The molecule has 0 bridgehead atoms. The normalized spacial score (nSPS) is 14.9. The number of rotatable bonds is 9. The maximum Gasteiger partial charge on any atom is 0.228 e. The number of carbonyl (C=O) groups excluding carboxylic acids is 1. The maximum atomic E-state index is 12.2. The first-order valence-electron chi connectivity index (χ1n) is 11.3. The second-order valence-corrected chi connectivity index (χ2v) is 10.4. The summed E-state index contributed by atoms with van der Waals surface area (Å²) >= 11 is 0. The highest BCUT2D eigenvalue weighted by Crippen LogP contribution is 2.31. The summed E-state index contributed by atoms with van der Waals surface area (Å²) in [7, 11) is -3.34. The zero-order valence-electron chi connectivity index (χ0n) is 19.1. The minimum Gasteiger partial charge on any atom is -0.310 e. The minimum atomic E-state index is -3.34. The molecule has 1 aliphatic rings. The van der Waals surface area contributed by atoms with Crippen LogP contribution in [0.1, 0.15) is 56.8 Å². The van der Waals surface area contributed by atoms with Crippen molar-refractivity contribution >= 4 is 32.7 Å². The van der Waals surface area contributed by atoms with Crippen LogP contribution in [-0.4, -0.2) is 35.0 Å². The van der Waals surface area contributed by atoms with E-state index < -0.39 is 10.0 Å². The van der Waals surface area contributed by atoms with Gasteiger partial charge in [0.05, 0.1) is 23.0 Å². The number of sulfonamides is 1. The Kier molecular flexibility index (Phi) is 6.71. The predicted molar refractivity (Wildman–Crippen MR) is 129 cm³/mol. The van der Waals surface area contributed by atoms with E-state index in [0.717, 1.165) is 40.4 Å². The summed E-state index contributed by atoms with van der Waals surface area (Å²) in [6.45, 7) is 5.76. The topological polar surface area (TPSA) is 114 Å². The number of hydrogen-bond acceptors (Lipinski definition) is 6. The monoisotopic (exact) mass is 467 g/mol. The van der Waals surface area contributed by atoms with Gasteiger partial charge in [-0.3, -0.25) is 14.8 Å². The van der Waals surface area contributed by atoms with E-state index in [1.54, 1.807) is 24.7 Å². The lowest BCUT2D eigenvalue weighted by molar-refractivity contribution is -0.117. The van der Waals surface area contributed by atoms with Crippen molar-refractivity contribution in [2.75, 3.05) is 11.1 Å². The predicted octanol–water partition coefficient (Wildman–Crippen LogP) is 4.13. The highest BCUT2D eigenvalue weighted by atomic mass is 32.2. The van der Waals surface area contributed by atoms with E-state index in [9.17, 15) is 13.2 Å². The molecule has 1 amide bonds. The molecule has 0 saturated heterocycles. The highest BCUT2D eigenvalue weighted by molar-refractivity contribution is 7.89. The number of aromatic nitrogens is 3. The van der Waals surface area contributed by atoms with Crippen LogP contribution in [0.2, 0.25) is 0 Å². The molecule has 174 valence electrons. The number of anilines is 1. The first-order chi connectivity index (χ1) is 15.8. The minimum absolute atomic E-state index is 0.0163. The van der Waals surface area contributed by atoms with E-state index in [0.29, 0.717) is 24.4 Å². The summed E-state index contributed by atoms with van der Waals surface area (Å²) in [4.78, 5) is 25.5. The Morgan fingerprint density at radius 1 is 1.09 bits per heavy atom. The average Bonchev–Trinajstić information content (AvgIpc) is 3.63. The van der Waals surface area contributed by atoms with Crippen LogP contribution in [0.25, 0.3) is 22.0 Å². The summed E-state index contributed by atoms with van der Waals surface area (Å²) in [6, 6.07) is 5.34. The van der Waals surface area contributed by atoms with Crippen LogP contribution in [0.5, 0.6) is 0 Å². The Morgan fingerprint density at radius 2 is 1.88 bits per heavy atom. The molecule has 9 heteroatoms. The van der Waals surface area contributed by atoms with Crippen LogP contribution in [0.3, 0.4) is 0 Å². The number of aryl methyl sites for hydroxylation is 1. The largest absolute Gasteiger partial charge is 0.310 e. The zero-order chi connectivity index (χ0) is 23.6. The van der Waals surface area contributed by atoms with Gasteiger partial charge >= 0.3 is 0 Å². The van der Waals surface area contributed by atoms with Crippen molar-refractivity contribution in [3.05, 3.63) is 48.0 Å². The molecule has 0 spiro atoms. The van der Waals surface area contributed by atoms with Gasteiger partial charge in [0.15, 0.2) is 0 Å². The first-order valence-corrected chi connectivity index (χ1v) is 13.0. The van der Waals surface area contributed by atoms with Crippen molar-refractivity contribution < 1.29 is 13.2 Å². The van der Waals surface area contributed by atoms with Gasteiger partial charge < -0.3 is 5.32 Å². The summed E-state index contributed by atoms with van der Waals surface area (Å²) < 4.78 is 27.2. The van der Waals surface area contributed by atoms with Gasteiger partial charge in [0.1, 0.15) is 5.82 Å². The van der Waals surface area contributed by atoms with Gasteiger partial charge in [0.25, 0.3) is 0 Å². The number of nitrogens with zero attached hydrogens (tertiary/aromatic N) is 3. The van der Waals surface area contributed by atoms with Gasteiger partial charge in [-0.1, -0.05) is 13.8 Å². The summed E-state index contributed by atoms with van der Waals surface area (Å²) in [5.41, 5.74) is 4.25. The SMILES string of the molecule is CCCS(=O)(=O)N[C@@H](CC)c1cc(C)c(-c2cnc3cc(NC(=O)C4CC4)ncc3c2)cn1. The molecule has 0 aromatic carbocycles. The van der Waals surface area contributed by atoms with Crippen LogP contribution in [0, 0.1) is 12.8 Å². The van der Waals surface area contributed by atoms with E-state index >= 15 is 0 Å². The Bertz CT molecular complexity index is 1290. The summed E-state index contributed by atoms with van der Waals surface area (Å²) in [5, 5.41) is 3.71. The third-order valence-corrected chi connectivity index (χ3v) is 7.36. The quantitative estimate of drug-likeness (QED) is 0.489. The Morgan fingerprint density at radius 3 is 2.55 bits per heavy atom. The maximum absolute atomic E-state index is 12.2. The lowest BCUT2D eigenvalue weighted by Crippen LogP contribution is -2.30. The van der Waals surface area contributed by atoms with E-state index in [2.05, 4.69) is 25.0 Å². The Labute approximate surface area is 194 Å². The lowest BCUT2D eigenvalue weighted by atomic mass is 10.0. The van der Waals surface area contributed by atoms with E-state index in [-0.39, 0.29) is 23.6 Å². The fraction of sp³-hybridized carbons (Fsp3) is 0.417. The van der Waals surface area contributed by atoms with Gasteiger partial charge in [-0.2, -0.15) is 0 Å². The standard InChI is InChI=1S/C24H29N5O3S/c1-4-8-33(31,32)29-20(5-2)22-9-15(3)19(14-26-22)17-10-18-13-27-23(11-21(18)25-12-17)28-24(30)16-6-7-16/h9-14,16,20,29H,4-8H2,1-3H3,(H,27,28,30)/t20-/m0/s1. The molecular weight excluding hydrogens is 438 g/mol. The van der Waals surface area contributed by atoms with Gasteiger partial charge in [0, 0.05) is 47.1 Å². The molecule has 3 heterocycles. The van der Waals surface area contributed by atoms with Crippen molar-refractivity contribution in [2.45, 2.75) is 52.5 Å². The molecule has 0 aliphatic heterocycles. The van der Waals surface area contributed by atoms with Crippen LogP contribution in [0.4, 0.5) is 5.82 Å². The van der Waals surface area contributed by atoms with Crippen molar-refractivity contribution in [3.63, 3.8) is 0 Å². The van der Waals surface area contributed by atoms with E-state index in [1.165, 1.54) is 0 Å². The molecule has 1 fully saturated rings. The molecule has 0 radical (unpaired) electrons. The number of amides is 1. The van der Waals surface area contributed by atoms with Gasteiger partial charge in [-0.25, -0.2) is 18.1 Å². The number of nitrogens with one attached hydrogen (secondary N) is 2. The van der Waals surface area contributed by atoms with Crippen LogP contribution >= 0.6 is 0 Å². The number of hydrogen-bond donors (Lipinski definition) is 2. The second kappa shape index (κ2) is 9.52. The highest BCUT2D eigenvalue weighted by Gasteiger charge is 2.29. The molecule has 3 aromatic heterocycles. The van der Waals surface area contributed by atoms with Gasteiger partial charge in [-0.05, 0) is 50.3 Å². The molecular formula is C24H29N5O3S. The van der Waals surface area contributed by atoms with Crippen molar-refractivity contribution in [1.29, 1.82) is 0 Å². The molecule has 1 saturated carbocycles. The van der Waals surface area contributed by atoms with E-state index in [4.69, 9.17) is 0 Å². The molecule has 8 nitrogen and oxygen atoms in total. The fourth-order valence-electron chi connectivity index (χ4n) is 3.78. The average molecular weight is 468 g/mol. The third kappa shape index (κ3) is 5.54. The molecule has 1 atom stereocenters. The zero-order valence-corrected chi connectivity index (χ0v) is 19.9. The van der Waals surface area contributed by atoms with E-state index in [1.807, 2.05) is 32.9 Å². The fourth-order valence-corrected chi connectivity index (χ4v) is 5.16. The van der Waals surface area contributed by atoms with Crippen molar-refractivity contribution in [2.24, 2.45) is 5.92 Å². The smallest absolute Gasteiger partial charge is 0.228 e. The number of pyridine rings is 3. The van der Waals surface area contributed by atoms with Gasteiger partial charge in [0.2, 0.25) is 15.9 Å². The Balaban J connectivity index is 1.56. The van der Waals surface area contributed by atoms with Crippen molar-refractivity contribution in [3.8, 4) is 11.1 Å². The van der Waals surface area contributed by atoms with Gasteiger partial charge in [-0.15, -0.1) is 0 Å². The molecule has 4 rings (SSSR count). The number of carbonyl (C=O) groups is 1. The lowest BCUT2D eigenvalue weighted by Gasteiger charge is -2.18. The van der Waals surface area contributed by atoms with Crippen LogP contribution < -0.4 is 10.0 Å². The molecule has 33 heavy (non-hydrogen) atoms.